The molecule has 0 atom stereocenters. The number of nitrogens with one attached hydrogen (secondary N) is 1. The lowest BCUT2D eigenvalue weighted by molar-refractivity contribution is 0.102. The third-order valence-electron chi connectivity index (χ3n) is 5.60. The average Bonchev–Trinajstić information content (AvgIpc) is 3.46. The van der Waals surface area contributed by atoms with Crippen molar-refractivity contribution in [3.63, 3.8) is 0 Å². The summed E-state index contributed by atoms with van der Waals surface area (Å²) in [6, 6.07) is 18.9. The van der Waals surface area contributed by atoms with Gasteiger partial charge in [-0.3, -0.25) is 4.79 Å². The molecule has 5 aromatic rings. The quantitative estimate of drug-likeness (QED) is 0.381. The summed E-state index contributed by atoms with van der Waals surface area (Å²) in [6.07, 6.45) is 3.84. The number of nitrogens with zero attached hydrogens (tertiary/aromatic N) is 5. The number of rotatable bonds is 7. The van der Waals surface area contributed by atoms with Crippen molar-refractivity contribution in [2.24, 2.45) is 0 Å². The summed E-state index contributed by atoms with van der Waals surface area (Å²) in [5, 5.41) is 11.1. The van der Waals surface area contributed by atoms with E-state index in [2.05, 4.69) is 20.6 Å². The number of aromatic nitrogens is 5. The van der Waals surface area contributed by atoms with Gasteiger partial charge in [0.25, 0.3) is 5.91 Å². The van der Waals surface area contributed by atoms with Crippen LogP contribution in [0.25, 0.3) is 11.3 Å². The van der Waals surface area contributed by atoms with Crippen LogP contribution in [-0.2, 0) is 6.61 Å². The Balaban J connectivity index is 1.32. The zero-order valence-electron chi connectivity index (χ0n) is 19.6. The summed E-state index contributed by atoms with van der Waals surface area (Å²) < 4.78 is 15.0. The van der Waals surface area contributed by atoms with Crippen LogP contribution >= 0.6 is 0 Å². The van der Waals surface area contributed by atoms with E-state index < -0.39 is 0 Å². The average molecular weight is 469 g/mol. The first-order valence-corrected chi connectivity index (χ1v) is 11.1. The molecule has 176 valence electrons. The van der Waals surface area contributed by atoms with Crippen LogP contribution in [0.4, 0.5) is 5.69 Å². The van der Waals surface area contributed by atoms with Crippen LogP contribution in [0.3, 0.4) is 0 Å². The summed E-state index contributed by atoms with van der Waals surface area (Å²) in [5.74, 6) is 0.674. The number of carbonyl (C=O) groups is 1. The van der Waals surface area contributed by atoms with Crippen LogP contribution in [0.5, 0.6) is 11.5 Å². The predicted molar refractivity (Wildman–Crippen MR) is 131 cm³/mol. The first-order chi connectivity index (χ1) is 17.0. The number of fused-ring (bicyclic) bond motifs is 1. The number of ether oxygens (including phenoxy) is 2. The van der Waals surface area contributed by atoms with Crippen LogP contribution in [0.1, 0.15) is 27.4 Å². The maximum absolute atomic E-state index is 13.0. The zero-order chi connectivity index (χ0) is 24.4. The van der Waals surface area contributed by atoms with Crippen molar-refractivity contribution in [3.8, 4) is 17.2 Å². The molecule has 1 N–H and O–H groups in total. The van der Waals surface area contributed by atoms with Gasteiger partial charge in [0, 0.05) is 24.1 Å². The highest BCUT2D eigenvalue weighted by Crippen LogP contribution is 2.31. The Labute approximate surface area is 201 Å². The summed E-state index contributed by atoms with van der Waals surface area (Å²) in [5.41, 5.74) is 5.03. The standard InChI is InChI=1S/C26H24N6O3/c1-17-7-10-21(11-8-17)32-18(2)25(29-30-32)26(33)28-19-9-12-22(34-3)23(14-19)35-16-20-15-31-13-5-4-6-24(31)27-20/h4-15H,16H2,1-3H3,(H,28,33). The Morgan fingerprint density at radius 3 is 2.63 bits per heavy atom. The molecule has 0 spiro atoms. The number of methoxy groups -OCH3 is 1. The lowest BCUT2D eigenvalue weighted by Crippen LogP contribution is -2.14. The Hall–Kier alpha value is -4.66. The second-order valence-corrected chi connectivity index (χ2v) is 8.08. The molecule has 0 aliphatic rings. The van der Waals surface area contributed by atoms with Gasteiger partial charge in [-0.2, -0.15) is 0 Å². The molecule has 3 heterocycles. The van der Waals surface area contributed by atoms with E-state index in [9.17, 15) is 4.79 Å². The third kappa shape index (κ3) is 4.56. The van der Waals surface area contributed by atoms with E-state index in [1.165, 1.54) is 0 Å². The predicted octanol–water partition coefficient (Wildman–Crippen LogP) is 4.37. The molecule has 0 fully saturated rings. The fourth-order valence-electron chi connectivity index (χ4n) is 3.74. The molecule has 0 aliphatic heterocycles. The van der Waals surface area contributed by atoms with Crippen molar-refractivity contribution in [1.82, 2.24) is 24.4 Å². The van der Waals surface area contributed by atoms with E-state index in [0.717, 1.165) is 22.6 Å². The number of amides is 1. The van der Waals surface area contributed by atoms with Crippen molar-refractivity contribution < 1.29 is 14.3 Å². The molecule has 9 nitrogen and oxygen atoms in total. The first kappa shape index (κ1) is 22.1. The number of imidazole rings is 1. The second-order valence-electron chi connectivity index (χ2n) is 8.08. The highest BCUT2D eigenvalue weighted by molar-refractivity contribution is 6.03. The Morgan fingerprint density at radius 2 is 1.86 bits per heavy atom. The van der Waals surface area contributed by atoms with Gasteiger partial charge < -0.3 is 19.2 Å². The lowest BCUT2D eigenvalue weighted by atomic mass is 10.2. The molecule has 0 saturated carbocycles. The molecular weight excluding hydrogens is 444 g/mol. The smallest absolute Gasteiger partial charge is 0.278 e. The minimum Gasteiger partial charge on any atom is -0.493 e. The number of aryl methyl sites for hydroxylation is 1. The van der Waals surface area contributed by atoms with Gasteiger partial charge in [-0.1, -0.05) is 29.0 Å². The van der Waals surface area contributed by atoms with Crippen molar-refractivity contribution >= 4 is 17.2 Å². The Bertz CT molecular complexity index is 1470. The highest BCUT2D eigenvalue weighted by atomic mass is 16.5. The molecule has 9 heteroatoms. The van der Waals surface area contributed by atoms with Crippen LogP contribution in [0.2, 0.25) is 0 Å². The van der Waals surface area contributed by atoms with Gasteiger partial charge in [0.15, 0.2) is 17.2 Å². The van der Waals surface area contributed by atoms with Gasteiger partial charge in [-0.05, 0) is 50.2 Å². The number of carbonyl (C=O) groups excluding carboxylic acids is 1. The van der Waals surface area contributed by atoms with Gasteiger partial charge in [0.2, 0.25) is 0 Å². The molecule has 0 aliphatic carbocycles. The van der Waals surface area contributed by atoms with E-state index in [0.29, 0.717) is 22.9 Å². The molecule has 0 bridgehead atoms. The minimum absolute atomic E-state index is 0.244. The zero-order valence-corrected chi connectivity index (χ0v) is 19.6. The van der Waals surface area contributed by atoms with Crippen molar-refractivity contribution in [2.45, 2.75) is 20.5 Å². The largest absolute Gasteiger partial charge is 0.493 e. The molecule has 0 unspecified atom stereocenters. The first-order valence-electron chi connectivity index (χ1n) is 11.1. The number of hydrogen-bond acceptors (Lipinski definition) is 6. The normalized spacial score (nSPS) is 10.9. The number of hydrogen-bond donors (Lipinski definition) is 1. The van der Waals surface area contributed by atoms with Crippen molar-refractivity contribution in [3.05, 3.63) is 95.7 Å². The molecule has 5 rings (SSSR count). The van der Waals surface area contributed by atoms with Crippen LogP contribution in [-0.4, -0.2) is 37.4 Å². The van der Waals surface area contributed by atoms with E-state index in [1.54, 1.807) is 30.0 Å². The molecule has 3 aromatic heterocycles. The van der Waals surface area contributed by atoms with Gasteiger partial charge in [-0.25, -0.2) is 9.67 Å². The molecule has 0 radical (unpaired) electrons. The van der Waals surface area contributed by atoms with Crippen LogP contribution in [0, 0.1) is 13.8 Å². The van der Waals surface area contributed by atoms with E-state index in [1.807, 2.05) is 73.1 Å². The maximum atomic E-state index is 13.0. The Kier molecular flexibility index (Phi) is 5.88. The number of pyridine rings is 1. The third-order valence-corrected chi connectivity index (χ3v) is 5.60. The second kappa shape index (κ2) is 9.30. The lowest BCUT2D eigenvalue weighted by Gasteiger charge is -2.12. The van der Waals surface area contributed by atoms with E-state index >= 15 is 0 Å². The highest BCUT2D eigenvalue weighted by Gasteiger charge is 2.18. The fourth-order valence-corrected chi connectivity index (χ4v) is 3.74. The fraction of sp³-hybridized carbons (Fsp3) is 0.154. The molecule has 0 saturated heterocycles. The van der Waals surface area contributed by atoms with Crippen molar-refractivity contribution in [2.75, 3.05) is 12.4 Å². The van der Waals surface area contributed by atoms with E-state index in [4.69, 9.17) is 9.47 Å². The summed E-state index contributed by atoms with van der Waals surface area (Å²) in [6.45, 7) is 4.08. The SMILES string of the molecule is COc1ccc(NC(=O)c2nnn(-c3ccc(C)cc3)c2C)cc1OCc1cn2ccccc2n1. The van der Waals surface area contributed by atoms with Crippen molar-refractivity contribution in [1.29, 1.82) is 0 Å². The summed E-state index contributed by atoms with van der Waals surface area (Å²) in [4.78, 5) is 17.5. The van der Waals surface area contributed by atoms with E-state index in [-0.39, 0.29) is 18.2 Å². The Morgan fingerprint density at radius 1 is 1.03 bits per heavy atom. The van der Waals surface area contributed by atoms with Gasteiger partial charge in [0.05, 0.1) is 24.2 Å². The number of benzene rings is 2. The van der Waals surface area contributed by atoms with Gasteiger partial charge in [0.1, 0.15) is 12.3 Å². The molecule has 35 heavy (non-hydrogen) atoms. The minimum atomic E-state index is -0.364. The maximum Gasteiger partial charge on any atom is 0.278 e. The monoisotopic (exact) mass is 468 g/mol. The molecular formula is C26H24N6O3. The van der Waals surface area contributed by atoms with Gasteiger partial charge in [-0.15, -0.1) is 5.10 Å². The van der Waals surface area contributed by atoms with Gasteiger partial charge >= 0.3 is 0 Å². The van der Waals surface area contributed by atoms with Crippen LogP contribution in [0.15, 0.2) is 73.1 Å². The summed E-state index contributed by atoms with van der Waals surface area (Å²) in [7, 11) is 1.57. The molecule has 1 amide bonds. The topological polar surface area (TPSA) is 95.6 Å². The summed E-state index contributed by atoms with van der Waals surface area (Å²) >= 11 is 0. The number of anilines is 1. The van der Waals surface area contributed by atoms with Crippen LogP contribution < -0.4 is 14.8 Å². The molecule has 2 aromatic carbocycles.